The largest absolute Gasteiger partial charge is 0.457 e. The van der Waals surface area contributed by atoms with E-state index < -0.39 is 0 Å². The minimum atomic E-state index is -0.368. The summed E-state index contributed by atoms with van der Waals surface area (Å²) >= 11 is 0. The molecule has 0 aliphatic heterocycles. The van der Waals surface area contributed by atoms with E-state index in [1.807, 2.05) is 55.5 Å². The average Bonchev–Trinajstić information content (AvgIpc) is 3.81. The van der Waals surface area contributed by atoms with Crippen molar-refractivity contribution in [2.75, 3.05) is 31.3 Å². The predicted molar refractivity (Wildman–Crippen MR) is 168 cm³/mol. The van der Waals surface area contributed by atoms with E-state index in [1.165, 1.54) is 28.3 Å². The SMILES string of the molecule is Cc1cc(N(C)C(=O)/C=C/CN(C)C2CC2)cc(-n2c(=O)n(-c3ccc(Oc4ccccc4)cc3)c3c(N)ncnc32)c1. The minimum absolute atomic E-state index is 0.153. The Labute approximate surface area is 249 Å². The second-order valence-corrected chi connectivity index (χ2v) is 10.8. The van der Waals surface area contributed by atoms with Crippen molar-refractivity contribution >= 4 is 28.6 Å². The maximum Gasteiger partial charge on any atom is 0.339 e. The molecular weight excluding hydrogens is 542 g/mol. The molecule has 2 heterocycles. The van der Waals surface area contributed by atoms with Gasteiger partial charge in [-0.25, -0.2) is 19.3 Å². The molecule has 6 rings (SSSR count). The molecule has 0 spiro atoms. The van der Waals surface area contributed by atoms with Gasteiger partial charge in [0.15, 0.2) is 11.5 Å². The van der Waals surface area contributed by atoms with Crippen molar-refractivity contribution in [3.05, 3.63) is 107 Å². The van der Waals surface area contributed by atoms with Crippen LogP contribution in [0.4, 0.5) is 11.5 Å². The Balaban J connectivity index is 1.35. The second kappa shape index (κ2) is 11.6. The zero-order valence-corrected chi connectivity index (χ0v) is 24.3. The number of ether oxygens (including phenoxy) is 1. The van der Waals surface area contributed by atoms with Crippen molar-refractivity contribution in [1.29, 1.82) is 0 Å². The number of nitrogens with zero attached hydrogens (tertiary/aromatic N) is 6. The number of benzene rings is 3. The minimum Gasteiger partial charge on any atom is -0.457 e. The summed E-state index contributed by atoms with van der Waals surface area (Å²) in [6.07, 6.45) is 7.25. The first-order valence-corrected chi connectivity index (χ1v) is 14.1. The lowest BCUT2D eigenvalue weighted by atomic mass is 10.1. The molecule has 0 saturated heterocycles. The van der Waals surface area contributed by atoms with Crippen LogP contribution < -0.4 is 21.1 Å². The molecule has 0 bridgehead atoms. The number of aromatic nitrogens is 4. The van der Waals surface area contributed by atoms with Gasteiger partial charge in [-0.1, -0.05) is 24.3 Å². The van der Waals surface area contributed by atoms with Gasteiger partial charge >= 0.3 is 5.69 Å². The van der Waals surface area contributed by atoms with E-state index in [0.29, 0.717) is 45.8 Å². The third-order valence-corrected chi connectivity index (χ3v) is 7.57. The number of anilines is 2. The van der Waals surface area contributed by atoms with Gasteiger partial charge < -0.3 is 15.4 Å². The van der Waals surface area contributed by atoms with Crippen LogP contribution in [0.2, 0.25) is 0 Å². The molecule has 1 aliphatic carbocycles. The molecule has 1 amide bonds. The number of imidazole rings is 1. The summed E-state index contributed by atoms with van der Waals surface area (Å²) in [5.74, 6) is 1.36. The summed E-state index contributed by atoms with van der Waals surface area (Å²) in [6, 6.07) is 22.8. The van der Waals surface area contributed by atoms with E-state index in [0.717, 1.165) is 12.1 Å². The van der Waals surface area contributed by atoms with Crippen LogP contribution in [0.1, 0.15) is 18.4 Å². The highest BCUT2D eigenvalue weighted by Gasteiger charge is 2.25. The molecule has 1 fully saturated rings. The molecular formula is C33H33N7O3. The fourth-order valence-corrected chi connectivity index (χ4v) is 5.10. The summed E-state index contributed by atoms with van der Waals surface area (Å²) in [4.78, 5) is 39.5. The standard InChI is InChI=1S/C33H33N7O3/c1-22-18-25(38(3)29(41)10-7-17-37(2)23-11-12-23)20-26(19-22)40-32-30(31(34)35-21-36-32)39(33(40)42)24-13-15-28(16-14-24)43-27-8-5-4-6-9-27/h4-10,13-16,18-21,23H,11-12,17H2,1-3H3,(H2,34,35,36)/b10-7+. The van der Waals surface area contributed by atoms with Crippen LogP contribution in [0.5, 0.6) is 11.5 Å². The summed E-state index contributed by atoms with van der Waals surface area (Å²) < 4.78 is 8.91. The van der Waals surface area contributed by atoms with E-state index in [4.69, 9.17) is 10.5 Å². The molecule has 0 unspecified atom stereocenters. The number of para-hydroxylation sites is 1. The zero-order valence-electron chi connectivity index (χ0n) is 24.3. The molecule has 3 aromatic carbocycles. The quantitative estimate of drug-likeness (QED) is 0.250. The smallest absolute Gasteiger partial charge is 0.339 e. The number of carbonyl (C=O) groups is 1. The van der Waals surface area contributed by atoms with Crippen LogP contribution in [0.25, 0.3) is 22.5 Å². The van der Waals surface area contributed by atoms with Crippen LogP contribution in [0.3, 0.4) is 0 Å². The number of likely N-dealkylation sites (N-methyl/N-ethyl adjacent to an activating group) is 2. The Morgan fingerprint density at radius 1 is 0.977 bits per heavy atom. The summed E-state index contributed by atoms with van der Waals surface area (Å²) in [6.45, 7) is 2.64. The van der Waals surface area contributed by atoms with Crippen LogP contribution >= 0.6 is 0 Å². The van der Waals surface area contributed by atoms with Gasteiger partial charge in [-0.15, -0.1) is 0 Å². The van der Waals surface area contributed by atoms with Crippen molar-refractivity contribution in [3.8, 4) is 22.9 Å². The third kappa shape index (κ3) is 5.77. The number of carbonyl (C=O) groups excluding carboxylic acids is 1. The van der Waals surface area contributed by atoms with E-state index in [1.54, 1.807) is 48.4 Å². The number of hydrogen-bond donors (Lipinski definition) is 1. The Morgan fingerprint density at radius 3 is 2.42 bits per heavy atom. The molecule has 10 heteroatoms. The lowest BCUT2D eigenvalue weighted by Gasteiger charge is -2.18. The first-order chi connectivity index (χ1) is 20.8. The summed E-state index contributed by atoms with van der Waals surface area (Å²) in [7, 11) is 3.79. The topological polar surface area (TPSA) is 112 Å². The Bertz CT molecular complexity index is 1870. The Kier molecular flexibility index (Phi) is 7.52. The van der Waals surface area contributed by atoms with Crippen molar-refractivity contribution in [2.45, 2.75) is 25.8 Å². The van der Waals surface area contributed by atoms with E-state index >= 15 is 0 Å². The van der Waals surface area contributed by atoms with Crippen LogP contribution in [0.15, 0.2) is 96.1 Å². The number of rotatable bonds is 9. The van der Waals surface area contributed by atoms with Gasteiger partial charge in [0.1, 0.15) is 23.3 Å². The van der Waals surface area contributed by atoms with Gasteiger partial charge in [0, 0.05) is 31.4 Å². The normalized spacial score (nSPS) is 13.2. The molecule has 1 saturated carbocycles. The molecule has 10 nitrogen and oxygen atoms in total. The Hall–Kier alpha value is -5.22. The highest BCUT2D eigenvalue weighted by Crippen LogP contribution is 2.28. The molecule has 218 valence electrons. The van der Waals surface area contributed by atoms with Gasteiger partial charge in [-0.2, -0.15) is 0 Å². The highest BCUT2D eigenvalue weighted by molar-refractivity contribution is 6.01. The van der Waals surface area contributed by atoms with E-state index in [-0.39, 0.29) is 17.4 Å². The molecule has 5 aromatic rings. The molecule has 2 aromatic heterocycles. The first-order valence-electron chi connectivity index (χ1n) is 14.1. The van der Waals surface area contributed by atoms with Crippen molar-refractivity contribution in [1.82, 2.24) is 24.0 Å². The number of aryl methyl sites for hydroxylation is 1. The number of hydrogen-bond acceptors (Lipinski definition) is 7. The van der Waals surface area contributed by atoms with E-state index in [2.05, 4.69) is 21.9 Å². The van der Waals surface area contributed by atoms with Crippen LogP contribution in [-0.2, 0) is 4.79 Å². The van der Waals surface area contributed by atoms with E-state index in [9.17, 15) is 9.59 Å². The van der Waals surface area contributed by atoms with Crippen molar-refractivity contribution < 1.29 is 9.53 Å². The van der Waals surface area contributed by atoms with Crippen molar-refractivity contribution in [3.63, 3.8) is 0 Å². The van der Waals surface area contributed by atoms with Crippen LogP contribution in [-0.4, -0.2) is 56.6 Å². The predicted octanol–water partition coefficient (Wildman–Crippen LogP) is 4.87. The number of fused-ring (bicyclic) bond motifs is 1. The number of nitrogen functional groups attached to an aromatic ring is 1. The number of nitrogens with two attached hydrogens (primary N) is 1. The van der Waals surface area contributed by atoms with Gasteiger partial charge in [0.05, 0.1) is 11.4 Å². The number of amides is 1. The van der Waals surface area contributed by atoms with Gasteiger partial charge in [-0.05, 0) is 87.0 Å². The van der Waals surface area contributed by atoms with Gasteiger partial charge in [0.25, 0.3) is 0 Å². The first kappa shape index (κ1) is 27.9. The maximum atomic E-state index is 14.1. The van der Waals surface area contributed by atoms with Crippen LogP contribution in [0, 0.1) is 6.92 Å². The lowest BCUT2D eigenvalue weighted by molar-refractivity contribution is -0.113. The van der Waals surface area contributed by atoms with Gasteiger partial charge in [-0.3, -0.25) is 14.3 Å². The summed E-state index contributed by atoms with van der Waals surface area (Å²) in [5, 5.41) is 0. The molecule has 1 aliphatic rings. The molecule has 0 radical (unpaired) electrons. The summed E-state index contributed by atoms with van der Waals surface area (Å²) in [5.41, 5.74) is 9.36. The maximum absolute atomic E-state index is 14.1. The second-order valence-electron chi connectivity index (χ2n) is 10.8. The highest BCUT2D eigenvalue weighted by atomic mass is 16.5. The molecule has 0 atom stereocenters. The molecule has 43 heavy (non-hydrogen) atoms. The fraction of sp³-hybridized carbons (Fsp3) is 0.212. The lowest BCUT2D eigenvalue weighted by Crippen LogP contribution is -2.26. The monoisotopic (exact) mass is 575 g/mol. The Morgan fingerprint density at radius 2 is 1.70 bits per heavy atom. The molecule has 2 N–H and O–H groups in total. The van der Waals surface area contributed by atoms with Gasteiger partial charge in [0.2, 0.25) is 5.91 Å². The zero-order chi connectivity index (χ0) is 30.1. The van der Waals surface area contributed by atoms with Crippen molar-refractivity contribution in [2.24, 2.45) is 0 Å². The average molecular weight is 576 g/mol. The third-order valence-electron chi connectivity index (χ3n) is 7.57. The fourth-order valence-electron chi connectivity index (χ4n) is 5.10.